The summed E-state index contributed by atoms with van der Waals surface area (Å²) in [5.74, 6) is -1.02. The van der Waals surface area contributed by atoms with Crippen LogP contribution in [0.5, 0.6) is 0 Å². The Kier molecular flexibility index (Phi) is 3.73. The highest BCUT2D eigenvalue weighted by atomic mass is 16.5. The Morgan fingerprint density at radius 1 is 1.00 bits per heavy atom. The SMILES string of the molecule is C.COC(=O)C1C2C=CC(C2)C1C(=O)OC. The van der Waals surface area contributed by atoms with E-state index in [4.69, 9.17) is 9.47 Å². The summed E-state index contributed by atoms with van der Waals surface area (Å²) in [6, 6.07) is 0. The zero-order chi connectivity index (χ0) is 11.0. The molecule has 2 rings (SSSR count). The van der Waals surface area contributed by atoms with Crippen molar-refractivity contribution in [1.82, 2.24) is 0 Å². The van der Waals surface area contributed by atoms with Gasteiger partial charge < -0.3 is 9.47 Å². The van der Waals surface area contributed by atoms with Crippen molar-refractivity contribution in [3.8, 4) is 0 Å². The molecule has 4 unspecified atom stereocenters. The molecule has 0 radical (unpaired) electrons. The van der Waals surface area contributed by atoms with Crippen LogP contribution in [0.3, 0.4) is 0 Å². The van der Waals surface area contributed by atoms with Crippen LogP contribution in [0.1, 0.15) is 13.8 Å². The first-order chi connectivity index (χ1) is 7.19. The fourth-order valence-electron chi connectivity index (χ4n) is 2.74. The molecule has 0 aromatic carbocycles. The van der Waals surface area contributed by atoms with E-state index in [0.29, 0.717) is 0 Å². The summed E-state index contributed by atoms with van der Waals surface area (Å²) in [4.78, 5) is 23.1. The molecule has 2 aliphatic rings. The van der Waals surface area contributed by atoms with Gasteiger partial charge in [-0.3, -0.25) is 9.59 Å². The molecule has 2 bridgehead atoms. The lowest BCUT2D eigenvalue weighted by atomic mass is 9.83. The van der Waals surface area contributed by atoms with Crippen molar-refractivity contribution in [2.75, 3.05) is 14.2 Å². The lowest BCUT2D eigenvalue weighted by Crippen LogP contribution is -2.34. The molecule has 0 aromatic heterocycles. The summed E-state index contributed by atoms with van der Waals surface area (Å²) < 4.78 is 9.46. The number of carbonyl (C=O) groups is 2. The molecule has 0 heterocycles. The second kappa shape index (κ2) is 4.68. The fraction of sp³-hybridized carbons (Fsp3) is 0.667. The topological polar surface area (TPSA) is 52.6 Å². The van der Waals surface area contributed by atoms with Gasteiger partial charge in [-0.15, -0.1) is 0 Å². The van der Waals surface area contributed by atoms with Crippen LogP contribution in [0.4, 0.5) is 0 Å². The van der Waals surface area contributed by atoms with Gasteiger partial charge in [0.25, 0.3) is 0 Å². The van der Waals surface area contributed by atoms with Crippen LogP contribution in [0, 0.1) is 23.7 Å². The van der Waals surface area contributed by atoms with Crippen molar-refractivity contribution < 1.29 is 19.1 Å². The Morgan fingerprint density at radius 2 is 1.38 bits per heavy atom. The maximum atomic E-state index is 11.6. The minimum atomic E-state index is -0.350. The number of rotatable bonds is 2. The molecule has 16 heavy (non-hydrogen) atoms. The quantitative estimate of drug-likeness (QED) is 0.527. The molecule has 4 nitrogen and oxygen atoms in total. The largest absolute Gasteiger partial charge is 0.469 e. The van der Waals surface area contributed by atoms with E-state index in [1.54, 1.807) is 0 Å². The molecular formula is C12H18O4. The van der Waals surface area contributed by atoms with E-state index in [1.165, 1.54) is 14.2 Å². The molecule has 0 saturated heterocycles. The highest BCUT2D eigenvalue weighted by molar-refractivity contribution is 5.84. The van der Waals surface area contributed by atoms with Crippen LogP contribution in [0.25, 0.3) is 0 Å². The van der Waals surface area contributed by atoms with Crippen molar-refractivity contribution in [2.45, 2.75) is 13.8 Å². The maximum Gasteiger partial charge on any atom is 0.310 e. The molecule has 2 aliphatic carbocycles. The van der Waals surface area contributed by atoms with E-state index >= 15 is 0 Å². The summed E-state index contributed by atoms with van der Waals surface area (Å²) in [7, 11) is 2.71. The van der Waals surface area contributed by atoms with Gasteiger partial charge in [0.05, 0.1) is 26.1 Å². The summed E-state index contributed by atoms with van der Waals surface area (Å²) >= 11 is 0. The Balaban J connectivity index is 0.00000128. The molecule has 1 saturated carbocycles. The fourth-order valence-corrected chi connectivity index (χ4v) is 2.74. The van der Waals surface area contributed by atoms with Crippen molar-refractivity contribution in [3.05, 3.63) is 12.2 Å². The number of hydrogen-bond acceptors (Lipinski definition) is 4. The van der Waals surface area contributed by atoms with E-state index in [0.717, 1.165) is 6.42 Å². The van der Waals surface area contributed by atoms with Crippen molar-refractivity contribution in [3.63, 3.8) is 0 Å². The molecule has 4 atom stereocenters. The number of fused-ring (bicyclic) bond motifs is 2. The van der Waals surface area contributed by atoms with Crippen molar-refractivity contribution >= 4 is 11.9 Å². The summed E-state index contributed by atoms with van der Waals surface area (Å²) in [5, 5.41) is 0. The first-order valence-corrected chi connectivity index (χ1v) is 5.03. The van der Waals surface area contributed by atoms with Gasteiger partial charge in [0.1, 0.15) is 0 Å². The maximum absolute atomic E-state index is 11.6. The van der Waals surface area contributed by atoms with E-state index in [2.05, 4.69) is 0 Å². The number of esters is 2. The van der Waals surface area contributed by atoms with Crippen LogP contribution in [-0.2, 0) is 19.1 Å². The smallest absolute Gasteiger partial charge is 0.310 e. The average Bonchev–Trinajstić information content (AvgIpc) is 2.86. The van der Waals surface area contributed by atoms with E-state index in [9.17, 15) is 9.59 Å². The number of allylic oxidation sites excluding steroid dienone is 2. The van der Waals surface area contributed by atoms with Crippen LogP contribution in [0.2, 0.25) is 0 Å². The van der Waals surface area contributed by atoms with Crippen LogP contribution < -0.4 is 0 Å². The van der Waals surface area contributed by atoms with E-state index in [-0.39, 0.29) is 43.0 Å². The predicted octanol–water partition coefficient (Wildman–Crippen LogP) is 1.41. The number of hydrogen-bond donors (Lipinski definition) is 0. The highest BCUT2D eigenvalue weighted by Crippen LogP contribution is 2.48. The molecule has 90 valence electrons. The standard InChI is InChI=1S/C11H14O4.CH4/c1-14-10(12)8-6-3-4-7(5-6)9(8)11(13)15-2;/h3-4,6-9H,5H2,1-2H3;1H4. The van der Waals surface area contributed by atoms with Crippen LogP contribution >= 0.6 is 0 Å². The number of ether oxygens (including phenoxy) is 2. The first kappa shape index (κ1) is 12.7. The molecule has 0 amide bonds. The third kappa shape index (κ3) is 1.72. The van der Waals surface area contributed by atoms with E-state index < -0.39 is 0 Å². The average molecular weight is 226 g/mol. The van der Waals surface area contributed by atoms with Crippen molar-refractivity contribution in [1.29, 1.82) is 0 Å². The highest BCUT2D eigenvalue weighted by Gasteiger charge is 2.52. The third-order valence-electron chi connectivity index (χ3n) is 3.41. The molecule has 4 heteroatoms. The monoisotopic (exact) mass is 226 g/mol. The Morgan fingerprint density at radius 3 is 1.69 bits per heavy atom. The summed E-state index contributed by atoms with van der Waals surface area (Å²) in [6.07, 6.45) is 4.87. The zero-order valence-corrected chi connectivity index (χ0v) is 8.80. The Labute approximate surface area is 95.6 Å². The second-order valence-electron chi connectivity index (χ2n) is 4.05. The Hall–Kier alpha value is -1.32. The van der Waals surface area contributed by atoms with Gasteiger partial charge in [-0.05, 0) is 18.3 Å². The lowest BCUT2D eigenvalue weighted by molar-refractivity contribution is -0.158. The second-order valence-corrected chi connectivity index (χ2v) is 4.05. The van der Waals surface area contributed by atoms with Gasteiger partial charge in [0.15, 0.2) is 0 Å². The van der Waals surface area contributed by atoms with Crippen LogP contribution in [0.15, 0.2) is 12.2 Å². The minimum absolute atomic E-state index is 0. The summed E-state index contributed by atoms with van der Waals surface area (Å²) in [6.45, 7) is 0. The molecule has 1 fully saturated rings. The van der Waals surface area contributed by atoms with E-state index in [1.807, 2.05) is 12.2 Å². The third-order valence-corrected chi connectivity index (χ3v) is 3.41. The predicted molar refractivity (Wildman–Crippen MR) is 58.5 cm³/mol. The number of methoxy groups -OCH3 is 2. The van der Waals surface area contributed by atoms with Gasteiger partial charge in [0.2, 0.25) is 0 Å². The molecular weight excluding hydrogens is 208 g/mol. The van der Waals surface area contributed by atoms with Gasteiger partial charge in [-0.1, -0.05) is 19.6 Å². The molecule has 0 spiro atoms. The molecule has 0 aliphatic heterocycles. The zero-order valence-electron chi connectivity index (χ0n) is 8.80. The van der Waals surface area contributed by atoms with Gasteiger partial charge in [-0.25, -0.2) is 0 Å². The number of carbonyl (C=O) groups excluding carboxylic acids is 2. The molecule has 0 N–H and O–H groups in total. The summed E-state index contributed by atoms with van der Waals surface area (Å²) in [5.41, 5.74) is 0. The van der Waals surface area contributed by atoms with Gasteiger partial charge >= 0.3 is 11.9 Å². The normalized spacial score (nSPS) is 34.4. The minimum Gasteiger partial charge on any atom is -0.469 e. The lowest BCUT2D eigenvalue weighted by Gasteiger charge is -2.23. The Bertz CT molecular complexity index is 291. The van der Waals surface area contributed by atoms with Gasteiger partial charge in [-0.2, -0.15) is 0 Å². The first-order valence-electron chi connectivity index (χ1n) is 5.03. The van der Waals surface area contributed by atoms with Crippen LogP contribution in [-0.4, -0.2) is 26.2 Å². The molecule has 0 aromatic rings. The van der Waals surface area contributed by atoms with Crippen molar-refractivity contribution in [2.24, 2.45) is 23.7 Å². The van der Waals surface area contributed by atoms with Gasteiger partial charge in [0, 0.05) is 0 Å².